The second kappa shape index (κ2) is 11.3. The standard InChI is InChI=1S/C37H26N5O.Pt/c1-25-20-36(39-23-31(25)26-10-4-3-5-11-26)42-32-13-7-6-12-29(32)30-17-16-28(22-35(30)42)43-37-21-27(18-19-38-37)41-24-40(2)33-14-8-9-15-34(33)41;/h3-20,23-24H,1-2H3;/q-3;. The van der Waals surface area contributed by atoms with E-state index in [4.69, 9.17) is 9.72 Å². The average Bonchev–Trinajstić information content (AvgIpc) is 3.56. The molecule has 0 N–H and O–H groups in total. The minimum atomic E-state index is 0. The number of anilines is 3. The first-order valence-corrected chi connectivity index (χ1v) is 14.1. The monoisotopic (exact) mass is 751 g/mol. The molecule has 0 amide bonds. The Bertz CT molecular complexity index is 2140. The molecule has 0 atom stereocenters. The van der Waals surface area contributed by atoms with E-state index < -0.39 is 0 Å². The molecular weight excluding hydrogens is 726 g/mol. The van der Waals surface area contributed by atoms with Crippen molar-refractivity contribution in [1.29, 1.82) is 0 Å². The van der Waals surface area contributed by atoms with Crippen LogP contribution in [0.2, 0.25) is 0 Å². The minimum absolute atomic E-state index is 0. The van der Waals surface area contributed by atoms with Crippen LogP contribution < -0.4 is 14.5 Å². The Labute approximate surface area is 270 Å². The van der Waals surface area contributed by atoms with Crippen LogP contribution in [0.5, 0.6) is 11.6 Å². The van der Waals surface area contributed by atoms with Gasteiger partial charge in [0.1, 0.15) is 11.7 Å². The van der Waals surface area contributed by atoms with Crippen molar-refractivity contribution in [2.45, 2.75) is 6.92 Å². The number of nitrogens with zero attached hydrogens (tertiary/aromatic N) is 5. The molecule has 0 saturated heterocycles. The summed E-state index contributed by atoms with van der Waals surface area (Å²) in [4.78, 5) is 13.6. The number of hydrogen-bond acceptors (Lipinski definition) is 5. The van der Waals surface area contributed by atoms with Gasteiger partial charge in [0.05, 0.1) is 0 Å². The molecule has 8 rings (SSSR count). The third-order valence-corrected chi connectivity index (χ3v) is 7.90. The van der Waals surface area contributed by atoms with E-state index in [0.717, 1.165) is 61.4 Å². The quantitative estimate of drug-likeness (QED) is 0.165. The van der Waals surface area contributed by atoms with Crippen LogP contribution in [0.3, 0.4) is 0 Å². The Hall–Kier alpha value is -4.93. The molecule has 0 unspecified atom stereocenters. The summed E-state index contributed by atoms with van der Waals surface area (Å²) >= 11 is 0. The number of rotatable bonds is 5. The van der Waals surface area contributed by atoms with Crippen molar-refractivity contribution in [1.82, 2.24) is 14.5 Å². The predicted molar refractivity (Wildman–Crippen MR) is 172 cm³/mol. The molecule has 218 valence electrons. The molecule has 4 heterocycles. The van der Waals surface area contributed by atoms with Gasteiger partial charge in [0.25, 0.3) is 0 Å². The summed E-state index contributed by atoms with van der Waals surface area (Å²) in [5.74, 6) is 1.76. The summed E-state index contributed by atoms with van der Waals surface area (Å²) in [6, 6.07) is 41.9. The van der Waals surface area contributed by atoms with E-state index in [-0.39, 0.29) is 21.1 Å². The second-order valence-corrected chi connectivity index (χ2v) is 10.6. The molecule has 6 nitrogen and oxygen atoms in total. The number of aryl methyl sites for hydroxylation is 1. The molecule has 1 aliphatic rings. The van der Waals surface area contributed by atoms with E-state index in [9.17, 15) is 0 Å². The summed E-state index contributed by atoms with van der Waals surface area (Å²) in [6.07, 6.45) is 3.70. The van der Waals surface area contributed by atoms with E-state index in [1.807, 2.05) is 50.2 Å². The minimum Gasteiger partial charge on any atom is -0.504 e. The second-order valence-electron chi connectivity index (χ2n) is 10.6. The predicted octanol–water partition coefficient (Wildman–Crippen LogP) is 8.65. The van der Waals surface area contributed by atoms with Crippen LogP contribution in [-0.2, 0) is 21.1 Å². The molecule has 3 aromatic heterocycles. The Kier molecular flexibility index (Phi) is 7.15. The Morgan fingerprint density at radius 3 is 2.39 bits per heavy atom. The zero-order valence-electron chi connectivity index (χ0n) is 24.0. The fourth-order valence-electron chi connectivity index (χ4n) is 5.87. The zero-order chi connectivity index (χ0) is 28.9. The van der Waals surface area contributed by atoms with Crippen molar-refractivity contribution in [3.63, 3.8) is 0 Å². The summed E-state index contributed by atoms with van der Waals surface area (Å²) in [6.45, 7) is 4.16. The van der Waals surface area contributed by atoms with Gasteiger partial charge in [-0.1, -0.05) is 66.2 Å². The fraction of sp³-hybridized carbons (Fsp3) is 0.0541. The van der Waals surface area contributed by atoms with Crippen LogP contribution >= 0.6 is 0 Å². The van der Waals surface area contributed by atoms with Gasteiger partial charge in [-0.3, -0.25) is 4.98 Å². The van der Waals surface area contributed by atoms with Crippen molar-refractivity contribution in [2.75, 3.05) is 16.8 Å². The maximum atomic E-state index is 6.28. The van der Waals surface area contributed by atoms with E-state index >= 15 is 0 Å². The number of benzene rings is 4. The summed E-state index contributed by atoms with van der Waals surface area (Å²) in [7, 11) is 2.03. The van der Waals surface area contributed by atoms with Crippen LogP contribution in [0, 0.1) is 25.7 Å². The molecule has 0 spiro atoms. The third kappa shape index (κ3) is 4.72. The Morgan fingerprint density at radius 2 is 1.55 bits per heavy atom. The van der Waals surface area contributed by atoms with Crippen molar-refractivity contribution >= 4 is 38.9 Å². The molecule has 0 fully saturated rings. The molecule has 1 aliphatic heterocycles. The van der Waals surface area contributed by atoms with Crippen LogP contribution in [0.4, 0.5) is 17.1 Å². The largest absolute Gasteiger partial charge is 0.504 e. The first kappa shape index (κ1) is 27.9. The van der Waals surface area contributed by atoms with E-state index in [0.29, 0.717) is 11.6 Å². The molecule has 44 heavy (non-hydrogen) atoms. The topological polar surface area (TPSA) is 46.4 Å². The molecule has 7 aromatic rings. The molecule has 0 saturated carbocycles. The normalized spacial score (nSPS) is 12.4. The third-order valence-electron chi connectivity index (χ3n) is 7.90. The summed E-state index contributed by atoms with van der Waals surface area (Å²) in [5.41, 5.74) is 8.41. The van der Waals surface area contributed by atoms with Crippen molar-refractivity contribution < 1.29 is 25.8 Å². The first-order valence-electron chi connectivity index (χ1n) is 14.1. The SMILES string of the molecule is Cc1cc(-n2c3[c-]c(Oc4[c-]c(N5[CH-]N(C)c6ccccc65)ccn4)ccc3c3ccccc32)ncc1-c1ccccc1.[Pt]. The van der Waals surface area contributed by atoms with Gasteiger partial charge >= 0.3 is 0 Å². The molecular formula is C37H26N5OPt-3. The smallest absolute Gasteiger partial charge is 0.135 e. The zero-order valence-corrected chi connectivity index (χ0v) is 26.3. The maximum absolute atomic E-state index is 6.28. The van der Waals surface area contributed by atoms with Gasteiger partial charge in [-0.2, -0.15) is 30.6 Å². The summed E-state index contributed by atoms with van der Waals surface area (Å²) in [5, 5.41) is 2.21. The number of para-hydroxylation sites is 3. The summed E-state index contributed by atoms with van der Waals surface area (Å²) < 4.78 is 8.43. The Balaban J connectivity index is 0.00000312. The van der Waals surface area contributed by atoms with E-state index in [1.165, 1.54) is 0 Å². The average molecular weight is 752 g/mol. The van der Waals surface area contributed by atoms with Crippen LogP contribution in [0.25, 0.3) is 38.8 Å². The Morgan fingerprint density at radius 1 is 0.773 bits per heavy atom. The van der Waals surface area contributed by atoms with Crippen LogP contribution in [0.1, 0.15) is 5.56 Å². The molecule has 0 bridgehead atoms. The van der Waals surface area contributed by atoms with Crippen LogP contribution in [-0.4, -0.2) is 21.6 Å². The number of aromatic nitrogens is 3. The fourth-order valence-corrected chi connectivity index (χ4v) is 5.87. The molecule has 4 aromatic carbocycles. The van der Waals surface area contributed by atoms with Crippen molar-refractivity contribution in [3.8, 4) is 28.6 Å². The van der Waals surface area contributed by atoms with E-state index in [1.54, 1.807) is 6.20 Å². The van der Waals surface area contributed by atoms with E-state index in [2.05, 4.69) is 111 Å². The van der Waals surface area contributed by atoms with Gasteiger partial charge < -0.3 is 19.1 Å². The van der Waals surface area contributed by atoms with Gasteiger partial charge in [0.15, 0.2) is 0 Å². The van der Waals surface area contributed by atoms with Gasteiger partial charge in [0, 0.05) is 55.5 Å². The van der Waals surface area contributed by atoms with Gasteiger partial charge in [-0.25, -0.2) is 4.98 Å². The molecule has 7 heteroatoms. The van der Waals surface area contributed by atoms with Gasteiger partial charge in [-0.05, 0) is 60.9 Å². The number of pyridine rings is 2. The number of fused-ring (bicyclic) bond motifs is 4. The van der Waals surface area contributed by atoms with Gasteiger partial charge in [0.2, 0.25) is 0 Å². The van der Waals surface area contributed by atoms with Gasteiger partial charge in [-0.15, -0.1) is 17.5 Å². The molecule has 0 radical (unpaired) electrons. The molecule has 0 aliphatic carbocycles. The number of ether oxygens (including phenoxy) is 1. The first-order chi connectivity index (χ1) is 21.1. The maximum Gasteiger partial charge on any atom is 0.135 e. The van der Waals surface area contributed by atoms with Crippen molar-refractivity contribution in [2.24, 2.45) is 0 Å². The van der Waals surface area contributed by atoms with Crippen LogP contribution in [0.15, 0.2) is 116 Å². The number of hydrogen-bond donors (Lipinski definition) is 0. The van der Waals surface area contributed by atoms with Crippen molar-refractivity contribution in [3.05, 3.63) is 140 Å².